The fraction of sp³-hybridized carbons (Fsp3) is 0.778. The number of halogens is 1. The van der Waals surface area contributed by atoms with Crippen LogP contribution in [-0.2, 0) is 0 Å². The molecular formula is C9H16BrNO. The lowest BCUT2D eigenvalue weighted by molar-refractivity contribution is 0.0394. The first-order valence-corrected chi connectivity index (χ1v) is 5.12. The molecule has 0 aromatic heterocycles. The Morgan fingerprint density at radius 3 is 2.92 bits per heavy atom. The van der Waals surface area contributed by atoms with Gasteiger partial charge in [0, 0.05) is 24.1 Å². The molecule has 0 aliphatic carbocycles. The molecule has 1 aliphatic heterocycles. The third-order valence-electron chi connectivity index (χ3n) is 2.34. The molecule has 0 radical (unpaired) electrons. The van der Waals surface area contributed by atoms with Crippen LogP contribution in [-0.4, -0.2) is 35.7 Å². The highest BCUT2D eigenvalue weighted by Crippen LogP contribution is 2.18. The van der Waals surface area contributed by atoms with Crippen LogP contribution in [0.25, 0.3) is 0 Å². The van der Waals surface area contributed by atoms with Crippen molar-refractivity contribution in [3.63, 3.8) is 0 Å². The first kappa shape index (κ1) is 10.2. The molecule has 0 amide bonds. The lowest BCUT2D eigenvalue weighted by atomic mass is 9.97. The fourth-order valence-corrected chi connectivity index (χ4v) is 1.96. The van der Waals surface area contributed by atoms with E-state index in [1.54, 1.807) is 0 Å². The van der Waals surface area contributed by atoms with Gasteiger partial charge in [-0.1, -0.05) is 29.4 Å². The summed E-state index contributed by atoms with van der Waals surface area (Å²) in [6.45, 7) is 8.76. The minimum Gasteiger partial charge on any atom is -0.393 e. The summed E-state index contributed by atoms with van der Waals surface area (Å²) in [5, 5.41) is 9.47. The van der Waals surface area contributed by atoms with Crippen LogP contribution in [0.4, 0.5) is 0 Å². The standard InChI is InChI=1S/C9H16BrNO/c1-7-5-11(6-8(2)10)4-3-9(7)12/h7,9,12H,2-6H2,1H3. The van der Waals surface area contributed by atoms with Crippen LogP contribution in [0.1, 0.15) is 13.3 Å². The van der Waals surface area contributed by atoms with Gasteiger partial charge in [0.15, 0.2) is 0 Å². The average molecular weight is 234 g/mol. The number of piperidine rings is 1. The van der Waals surface area contributed by atoms with E-state index in [0.717, 1.165) is 30.5 Å². The van der Waals surface area contributed by atoms with Gasteiger partial charge in [-0.15, -0.1) is 0 Å². The van der Waals surface area contributed by atoms with Gasteiger partial charge < -0.3 is 5.11 Å². The highest BCUT2D eigenvalue weighted by atomic mass is 79.9. The topological polar surface area (TPSA) is 23.5 Å². The Morgan fingerprint density at radius 1 is 1.75 bits per heavy atom. The Labute approximate surface area is 82.4 Å². The molecule has 12 heavy (non-hydrogen) atoms. The van der Waals surface area contributed by atoms with Crippen molar-refractivity contribution in [3.8, 4) is 0 Å². The van der Waals surface area contributed by atoms with E-state index >= 15 is 0 Å². The maximum atomic E-state index is 9.47. The summed E-state index contributed by atoms with van der Waals surface area (Å²) in [5.41, 5.74) is 0. The Bertz CT molecular complexity index is 172. The van der Waals surface area contributed by atoms with Crippen LogP contribution in [0, 0.1) is 5.92 Å². The molecule has 70 valence electrons. The predicted octanol–water partition coefficient (Wildman–Crippen LogP) is 1.60. The highest BCUT2D eigenvalue weighted by Gasteiger charge is 2.23. The third-order valence-corrected chi connectivity index (χ3v) is 2.59. The Morgan fingerprint density at radius 2 is 2.42 bits per heavy atom. The summed E-state index contributed by atoms with van der Waals surface area (Å²) < 4.78 is 1.02. The Kier molecular flexibility index (Phi) is 3.75. The molecule has 1 N–H and O–H groups in total. The van der Waals surface area contributed by atoms with Crippen molar-refractivity contribution >= 4 is 15.9 Å². The number of aliphatic hydroxyl groups excluding tert-OH is 1. The zero-order valence-corrected chi connectivity index (χ0v) is 9.05. The summed E-state index contributed by atoms with van der Waals surface area (Å²) in [7, 11) is 0. The molecule has 1 fully saturated rings. The van der Waals surface area contributed by atoms with Crippen LogP contribution in [0.5, 0.6) is 0 Å². The van der Waals surface area contributed by atoms with Crippen LogP contribution < -0.4 is 0 Å². The number of hydrogen-bond donors (Lipinski definition) is 1. The zero-order chi connectivity index (χ0) is 9.14. The molecule has 3 heteroatoms. The van der Waals surface area contributed by atoms with Crippen molar-refractivity contribution < 1.29 is 5.11 Å². The van der Waals surface area contributed by atoms with Crippen LogP contribution in [0.15, 0.2) is 11.1 Å². The lowest BCUT2D eigenvalue weighted by Gasteiger charge is -2.34. The largest absolute Gasteiger partial charge is 0.393 e. The van der Waals surface area contributed by atoms with Gasteiger partial charge in [-0.3, -0.25) is 4.90 Å². The third kappa shape index (κ3) is 2.88. The molecule has 2 unspecified atom stereocenters. The van der Waals surface area contributed by atoms with Crippen LogP contribution >= 0.6 is 15.9 Å². The quantitative estimate of drug-likeness (QED) is 0.784. The maximum absolute atomic E-state index is 9.47. The number of aliphatic hydroxyl groups is 1. The van der Waals surface area contributed by atoms with Crippen molar-refractivity contribution in [3.05, 3.63) is 11.1 Å². The highest BCUT2D eigenvalue weighted by molar-refractivity contribution is 9.11. The SMILES string of the molecule is C=C(Br)CN1CCC(O)C(C)C1. The van der Waals surface area contributed by atoms with Crippen molar-refractivity contribution in [2.24, 2.45) is 5.92 Å². The average Bonchev–Trinajstić information content (AvgIpc) is 1.96. The lowest BCUT2D eigenvalue weighted by Crippen LogP contribution is -2.42. The minimum absolute atomic E-state index is 0.107. The second-order valence-corrected chi connectivity index (χ2v) is 4.71. The molecule has 1 rings (SSSR count). The molecular weight excluding hydrogens is 218 g/mol. The van der Waals surface area contributed by atoms with Crippen LogP contribution in [0.2, 0.25) is 0 Å². The summed E-state index contributed by atoms with van der Waals surface area (Å²) in [6.07, 6.45) is 0.784. The van der Waals surface area contributed by atoms with Crippen molar-refractivity contribution in [1.29, 1.82) is 0 Å². The van der Waals surface area contributed by atoms with E-state index in [-0.39, 0.29) is 6.10 Å². The van der Waals surface area contributed by atoms with Gasteiger partial charge in [0.25, 0.3) is 0 Å². The van der Waals surface area contributed by atoms with Gasteiger partial charge >= 0.3 is 0 Å². The summed E-state index contributed by atoms with van der Waals surface area (Å²) >= 11 is 3.35. The van der Waals surface area contributed by atoms with E-state index in [1.165, 1.54) is 0 Å². The molecule has 2 atom stereocenters. The number of hydrogen-bond acceptors (Lipinski definition) is 2. The molecule has 1 saturated heterocycles. The smallest absolute Gasteiger partial charge is 0.0590 e. The first-order chi connectivity index (χ1) is 5.59. The van der Waals surface area contributed by atoms with E-state index in [9.17, 15) is 5.11 Å². The van der Waals surface area contributed by atoms with Gasteiger partial charge in [0.1, 0.15) is 0 Å². The monoisotopic (exact) mass is 233 g/mol. The first-order valence-electron chi connectivity index (χ1n) is 4.33. The molecule has 0 aromatic carbocycles. The second kappa shape index (κ2) is 4.40. The van der Waals surface area contributed by atoms with E-state index in [2.05, 4.69) is 34.3 Å². The Hall–Kier alpha value is 0.140. The fourth-order valence-electron chi connectivity index (χ4n) is 1.61. The van der Waals surface area contributed by atoms with Gasteiger partial charge in [-0.05, 0) is 12.3 Å². The normalized spacial score (nSPS) is 31.9. The van der Waals surface area contributed by atoms with Crippen LogP contribution in [0.3, 0.4) is 0 Å². The van der Waals surface area contributed by atoms with E-state index < -0.39 is 0 Å². The minimum atomic E-state index is -0.107. The summed E-state index contributed by atoms with van der Waals surface area (Å²) in [5.74, 6) is 0.394. The maximum Gasteiger partial charge on any atom is 0.0590 e. The summed E-state index contributed by atoms with van der Waals surface area (Å²) in [6, 6.07) is 0. The molecule has 0 aromatic rings. The van der Waals surface area contributed by atoms with Crippen molar-refractivity contribution in [2.45, 2.75) is 19.4 Å². The molecule has 2 nitrogen and oxygen atoms in total. The van der Waals surface area contributed by atoms with E-state index in [0.29, 0.717) is 5.92 Å². The zero-order valence-electron chi connectivity index (χ0n) is 7.46. The van der Waals surface area contributed by atoms with Gasteiger partial charge in [-0.2, -0.15) is 0 Å². The molecule has 0 saturated carbocycles. The van der Waals surface area contributed by atoms with Crippen molar-refractivity contribution in [2.75, 3.05) is 19.6 Å². The molecule has 0 bridgehead atoms. The van der Waals surface area contributed by atoms with Gasteiger partial charge in [-0.25, -0.2) is 0 Å². The van der Waals surface area contributed by atoms with E-state index in [4.69, 9.17) is 0 Å². The molecule has 1 heterocycles. The summed E-state index contributed by atoms with van der Waals surface area (Å²) in [4.78, 5) is 2.31. The molecule has 1 aliphatic rings. The van der Waals surface area contributed by atoms with E-state index in [1.807, 2.05) is 0 Å². The van der Waals surface area contributed by atoms with Gasteiger partial charge in [0.05, 0.1) is 6.10 Å². The number of rotatable bonds is 2. The van der Waals surface area contributed by atoms with Crippen molar-refractivity contribution in [1.82, 2.24) is 4.90 Å². The number of nitrogens with zero attached hydrogens (tertiary/aromatic N) is 1. The van der Waals surface area contributed by atoms with Gasteiger partial charge in [0.2, 0.25) is 0 Å². The Balaban J connectivity index is 2.35. The number of likely N-dealkylation sites (tertiary alicyclic amines) is 1. The second-order valence-electron chi connectivity index (χ2n) is 3.59. The predicted molar refractivity (Wildman–Crippen MR) is 54.3 cm³/mol. The molecule has 0 spiro atoms.